The van der Waals surface area contributed by atoms with Crippen molar-refractivity contribution in [3.63, 3.8) is 0 Å². The Balaban J connectivity index is 2.18. The maximum Gasteiger partial charge on any atom is 0.244 e. The molecule has 0 saturated carbocycles. The van der Waals surface area contributed by atoms with Gasteiger partial charge in [0.15, 0.2) is 0 Å². The molecule has 1 aromatic rings. The molecule has 1 amide bonds. The first kappa shape index (κ1) is 13.1. The molecule has 0 radical (unpaired) electrons. The fraction of sp³-hybridized carbons (Fsp3) is 0.533. The molecule has 0 bridgehead atoms. The van der Waals surface area contributed by atoms with Gasteiger partial charge < -0.3 is 10.2 Å². The van der Waals surface area contributed by atoms with Gasteiger partial charge in [0, 0.05) is 18.3 Å². The first-order valence-electron chi connectivity index (χ1n) is 6.78. The van der Waals surface area contributed by atoms with Crippen LogP contribution in [0.5, 0.6) is 0 Å². The standard InChI is InChI=1S/C15H22N2O/c1-4-12-7-5-6-8-14(12)17-10-9-13(15(17)18)16-11(2)3/h5-8,11,13,16H,4,9-10H2,1-3H3. The molecule has 1 aromatic carbocycles. The Morgan fingerprint density at radius 1 is 1.39 bits per heavy atom. The van der Waals surface area contributed by atoms with Gasteiger partial charge in [0.1, 0.15) is 0 Å². The number of nitrogens with zero attached hydrogens (tertiary/aromatic N) is 1. The van der Waals surface area contributed by atoms with Crippen molar-refractivity contribution in [3.05, 3.63) is 29.8 Å². The highest BCUT2D eigenvalue weighted by molar-refractivity contribution is 6.00. The summed E-state index contributed by atoms with van der Waals surface area (Å²) in [6.45, 7) is 7.11. The molecule has 98 valence electrons. The Morgan fingerprint density at radius 2 is 2.11 bits per heavy atom. The van der Waals surface area contributed by atoms with Crippen LogP contribution in [0.15, 0.2) is 24.3 Å². The predicted molar refractivity (Wildman–Crippen MR) is 74.8 cm³/mol. The summed E-state index contributed by atoms with van der Waals surface area (Å²) in [5.41, 5.74) is 2.33. The lowest BCUT2D eigenvalue weighted by Crippen LogP contribution is -2.41. The largest absolute Gasteiger partial charge is 0.311 e. The van der Waals surface area contributed by atoms with Gasteiger partial charge in [-0.25, -0.2) is 0 Å². The van der Waals surface area contributed by atoms with Crippen LogP contribution in [0.25, 0.3) is 0 Å². The molecule has 3 heteroatoms. The second-order valence-corrected chi connectivity index (χ2v) is 5.13. The lowest BCUT2D eigenvalue weighted by atomic mass is 10.1. The molecule has 1 aliphatic heterocycles. The Bertz CT molecular complexity index is 428. The first-order valence-corrected chi connectivity index (χ1v) is 6.78. The molecule has 3 nitrogen and oxygen atoms in total. The summed E-state index contributed by atoms with van der Waals surface area (Å²) in [4.78, 5) is 14.3. The molecule has 2 rings (SSSR count). The van der Waals surface area contributed by atoms with E-state index in [0.29, 0.717) is 6.04 Å². The zero-order chi connectivity index (χ0) is 13.1. The molecule has 1 fully saturated rings. The Kier molecular flexibility index (Phi) is 4.02. The molecular formula is C15H22N2O. The number of hydrogen-bond acceptors (Lipinski definition) is 2. The predicted octanol–water partition coefficient (Wildman–Crippen LogP) is 2.35. The minimum Gasteiger partial charge on any atom is -0.311 e. The quantitative estimate of drug-likeness (QED) is 0.884. The summed E-state index contributed by atoms with van der Waals surface area (Å²) in [6, 6.07) is 8.52. The van der Waals surface area contributed by atoms with Crippen molar-refractivity contribution >= 4 is 11.6 Å². The molecule has 1 atom stereocenters. The van der Waals surface area contributed by atoms with Crippen molar-refractivity contribution in [1.29, 1.82) is 0 Å². The second-order valence-electron chi connectivity index (χ2n) is 5.13. The van der Waals surface area contributed by atoms with Gasteiger partial charge in [-0.2, -0.15) is 0 Å². The van der Waals surface area contributed by atoms with Gasteiger partial charge in [-0.15, -0.1) is 0 Å². The van der Waals surface area contributed by atoms with E-state index in [0.717, 1.165) is 25.1 Å². The minimum absolute atomic E-state index is 0.0186. The van der Waals surface area contributed by atoms with Crippen molar-refractivity contribution in [2.24, 2.45) is 0 Å². The molecule has 0 aliphatic carbocycles. The maximum atomic E-state index is 12.4. The van der Waals surface area contributed by atoms with Crippen molar-refractivity contribution in [2.75, 3.05) is 11.4 Å². The van der Waals surface area contributed by atoms with E-state index in [9.17, 15) is 4.79 Å². The summed E-state index contributed by atoms with van der Waals surface area (Å²) < 4.78 is 0. The summed E-state index contributed by atoms with van der Waals surface area (Å²) in [7, 11) is 0. The molecule has 1 heterocycles. The van der Waals surface area contributed by atoms with Crippen molar-refractivity contribution < 1.29 is 4.79 Å². The van der Waals surface area contributed by atoms with Gasteiger partial charge in [-0.05, 0) is 24.5 Å². The smallest absolute Gasteiger partial charge is 0.244 e. The Labute approximate surface area is 109 Å². The van der Waals surface area contributed by atoms with Gasteiger partial charge in [0.2, 0.25) is 5.91 Å². The third-order valence-electron chi connectivity index (χ3n) is 3.40. The van der Waals surface area contributed by atoms with Gasteiger partial charge in [-0.1, -0.05) is 39.0 Å². The van der Waals surface area contributed by atoms with E-state index in [4.69, 9.17) is 0 Å². The van der Waals surface area contributed by atoms with E-state index >= 15 is 0 Å². The SMILES string of the molecule is CCc1ccccc1N1CCC(NC(C)C)C1=O. The van der Waals surface area contributed by atoms with Crippen molar-refractivity contribution in [2.45, 2.75) is 45.7 Å². The number of aryl methyl sites for hydroxylation is 1. The maximum absolute atomic E-state index is 12.4. The van der Waals surface area contributed by atoms with Crippen LogP contribution < -0.4 is 10.2 Å². The molecule has 0 aromatic heterocycles. The number of para-hydroxylation sites is 1. The number of carbonyl (C=O) groups excluding carboxylic acids is 1. The number of hydrogen-bond donors (Lipinski definition) is 1. The molecule has 0 spiro atoms. The fourth-order valence-electron chi connectivity index (χ4n) is 2.55. The third-order valence-corrected chi connectivity index (χ3v) is 3.40. The minimum atomic E-state index is -0.0186. The lowest BCUT2D eigenvalue weighted by Gasteiger charge is -2.21. The van der Waals surface area contributed by atoms with E-state index in [1.807, 2.05) is 17.0 Å². The van der Waals surface area contributed by atoms with Crippen LogP contribution in [-0.4, -0.2) is 24.5 Å². The van der Waals surface area contributed by atoms with E-state index in [-0.39, 0.29) is 11.9 Å². The highest BCUT2D eigenvalue weighted by Crippen LogP contribution is 2.26. The van der Waals surface area contributed by atoms with Crippen LogP contribution in [0.4, 0.5) is 5.69 Å². The molecule has 1 unspecified atom stereocenters. The number of amides is 1. The van der Waals surface area contributed by atoms with Gasteiger partial charge >= 0.3 is 0 Å². The summed E-state index contributed by atoms with van der Waals surface area (Å²) >= 11 is 0. The van der Waals surface area contributed by atoms with Gasteiger partial charge in [0.05, 0.1) is 6.04 Å². The van der Waals surface area contributed by atoms with E-state index in [2.05, 4.69) is 38.2 Å². The molecule has 1 aliphatic rings. The van der Waals surface area contributed by atoms with Gasteiger partial charge in [0.25, 0.3) is 0 Å². The third kappa shape index (κ3) is 2.56. The van der Waals surface area contributed by atoms with E-state index < -0.39 is 0 Å². The summed E-state index contributed by atoms with van der Waals surface area (Å²) in [6.07, 6.45) is 1.86. The zero-order valence-electron chi connectivity index (χ0n) is 11.4. The average molecular weight is 246 g/mol. The van der Waals surface area contributed by atoms with Crippen LogP contribution in [0.3, 0.4) is 0 Å². The second kappa shape index (κ2) is 5.53. The molecule has 1 saturated heterocycles. The van der Waals surface area contributed by atoms with Crippen LogP contribution in [-0.2, 0) is 11.2 Å². The van der Waals surface area contributed by atoms with Crippen LogP contribution in [0.1, 0.15) is 32.8 Å². The topological polar surface area (TPSA) is 32.3 Å². The van der Waals surface area contributed by atoms with Crippen LogP contribution in [0, 0.1) is 0 Å². The highest BCUT2D eigenvalue weighted by atomic mass is 16.2. The summed E-state index contributed by atoms with van der Waals surface area (Å²) in [5.74, 6) is 0.213. The van der Waals surface area contributed by atoms with Crippen LogP contribution >= 0.6 is 0 Å². The monoisotopic (exact) mass is 246 g/mol. The Hall–Kier alpha value is -1.35. The number of nitrogens with one attached hydrogen (secondary N) is 1. The number of carbonyl (C=O) groups is 1. The fourth-order valence-corrected chi connectivity index (χ4v) is 2.55. The van der Waals surface area contributed by atoms with Crippen molar-refractivity contribution in [1.82, 2.24) is 5.32 Å². The Morgan fingerprint density at radius 3 is 2.78 bits per heavy atom. The molecule has 18 heavy (non-hydrogen) atoms. The molecular weight excluding hydrogens is 224 g/mol. The van der Waals surface area contributed by atoms with E-state index in [1.54, 1.807) is 0 Å². The number of benzene rings is 1. The first-order chi connectivity index (χ1) is 8.63. The van der Waals surface area contributed by atoms with Crippen molar-refractivity contribution in [3.8, 4) is 0 Å². The number of anilines is 1. The number of rotatable bonds is 4. The zero-order valence-corrected chi connectivity index (χ0v) is 11.4. The van der Waals surface area contributed by atoms with E-state index in [1.165, 1.54) is 5.56 Å². The average Bonchev–Trinajstić information content (AvgIpc) is 2.70. The lowest BCUT2D eigenvalue weighted by molar-refractivity contribution is -0.118. The normalized spacial score (nSPS) is 19.9. The summed E-state index contributed by atoms with van der Waals surface area (Å²) in [5, 5.41) is 3.34. The highest BCUT2D eigenvalue weighted by Gasteiger charge is 2.33. The van der Waals surface area contributed by atoms with Gasteiger partial charge in [-0.3, -0.25) is 4.79 Å². The molecule has 1 N–H and O–H groups in total. The van der Waals surface area contributed by atoms with Crippen LogP contribution in [0.2, 0.25) is 0 Å².